The Hall–Kier alpha value is -1.99. The van der Waals surface area contributed by atoms with E-state index >= 15 is 0 Å². The van der Waals surface area contributed by atoms with Crippen LogP contribution in [0, 0.1) is 0 Å². The minimum absolute atomic E-state index is 0.0873. The largest absolute Gasteiger partial charge is 0.479 e. The zero-order valence-electron chi connectivity index (χ0n) is 10.7. The highest BCUT2D eigenvalue weighted by molar-refractivity contribution is 7.10. The van der Waals surface area contributed by atoms with E-state index < -0.39 is 17.9 Å². The molecule has 108 valence electrons. The molecule has 1 aliphatic rings. The SMILES string of the molecule is O=C(O)C1c2ccsc2CCN1C(=O)c1cnc(Cl)cn1. The first-order valence-corrected chi connectivity index (χ1v) is 7.41. The minimum atomic E-state index is -1.05. The lowest BCUT2D eigenvalue weighted by atomic mass is 9.99. The van der Waals surface area contributed by atoms with E-state index in [9.17, 15) is 14.7 Å². The van der Waals surface area contributed by atoms with Gasteiger partial charge in [-0.2, -0.15) is 0 Å². The molecule has 0 aliphatic carbocycles. The van der Waals surface area contributed by atoms with Crippen molar-refractivity contribution in [3.8, 4) is 0 Å². The van der Waals surface area contributed by atoms with Gasteiger partial charge >= 0.3 is 5.97 Å². The fourth-order valence-electron chi connectivity index (χ4n) is 2.37. The minimum Gasteiger partial charge on any atom is -0.479 e. The summed E-state index contributed by atoms with van der Waals surface area (Å²) in [6, 6.07) is 0.774. The van der Waals surface area contributed by atoms with E-state index in [4.69, 9.17) is 11.6 Å². The lowest BCUT2D eigenvalue weighted by Gasteiger charge is -2.32. The van der Waals surface area contributed by atoms with Crippen LogP contribution < -0.4 is 0 Å². The van der Waals surface area contributed by atoms with E-state index in [-0.39, 0.29) is 10.8 Å². The number of rotatable bonds is 2. The fourth-order valence-corrected chi connectivity index (χ4v) is 3.37. The van der Waals surface area contributed by atoms with E-state index in [1.54, 1.807) is 6.07 Å². The van der Waals surface area contributed by atoms with Crippen LogP contribution in [0.25, 0.3) is 0 Å². The molecule has 0 bridgehead atoms. The molecule has 2 aromatic rings. The van der Waals surface area contributed by atoms with Crippen molar-refractivity contribution in [1.29, 1.82) is 0 Å². The number of halogens is 1. The number of carboxylic acid groups (broad SMARTS) is 1. The summed E-state index contributed by atoms with van der Waals surface area (Å²) < 4.78 is 0. The number of aliphatic carboxylic acids is 1. The van der Waals surface area contributed by atoms with Crippen molar-refractivity contribution < 1.29 is 14.7 Å². The maximum atomic E-state index is 12.5. The molecule has 0 fully saturated rings. The molecule has 0 saturated carbocycles. The second-order valence-corrected chi connectivity index (χ2v) is 5.90. The molecule has 3 heterocycles. The van der Waals surface area contributed by atoms with Gasteiger partial charge in [0.1, 0.15) is 10.8 Å². The first kappa shape index (κ1) is 14.0. The third-order valence-electron chi connectivity index (χ3n) is 3.30. The van der Waals surface area contributed by atoms with Gasteiger partial charge in [-0.05, 0) is 23.4 Å². The van der Waals surface area contributed by atoms with Crippen LogP contribution in [0.4, 0.5) is 0 Å². The Morgan fingerprint density at radius 3 is 2.86 bits per heavy atom. The summed E-state index contributed by atoms with van der Waals surface area (Å²) in [5, 5.41) is 11.5. The smallest absolute Gasteiger partial charge is 0.331 e. The van der Waals surface area contributed by atoms with Crippen LogP contribution in [0.5, 0.6) is 0 Å². The molecule has 1 unspecified atom stereocenters. The molecule has 1 N–H and O–H groups in total. The van der Waals surface area contributed by atoms with Crippen molar-refractivity contribution in [1.82, 2.24) is 14.9 Å². The van der Waals surface area contributed by atoms with Gasteiger partial charge in [-0.3, -0.25) is 4.79 Å². The third-order valence-corrected chi connectivity index (χ3v) is 4.49. The molecular formula is C13H10ClN3O3S. The number of thiophene rings is 1. The molecule has 1 aliphatic heterocycles. The van der Waals surface area contributed by atoms with Gasteiger partial charge in [-0.1, -0.05) is 11.6 Å². The van der Waals surface area contributed by atoms with Crippen molar-refractivity contribution in [3.05, 3.63) is 45.1 Å². The quantitative estimate of drug-likeness (QED) is 0.914. The van der Waals surface area contributed by atoms with Crippen LogP contribution in [0.2, 0.25) is 5.15 Å². The molecule has 0 radical (unpaired) electrons. The normalized spacial score (nSPS) is 17.4. The fraction of sp³-hybridized carbons (Fsp3) is 0.231. The highest BCUT2D eigenvalue weighted by Gasteiger charge is 2.37. The molecule has 3 rings (SSSR count). The number of carbonyl (C=O) groups is 2. The lowest BCUT2D eigenvalue weighted by molar-refractivity contribution is -0.142. The van der Waals surface area contributed by atoms with Crippen LogP contribution in [0.1, 0.15) is 27.0 Å². The number of hydrogen-bond donors (Lipinski definition) is 1. The van der Waals surface area contributed by atoms with Gasteiger partial charge in [-0.25, -0.2) is 14.8 Å². The van der Waals surface area contributed by atoms with Gasteiger partial charge in [0.15, 0.2) is 6.04 Å². The lowest BCUT2D eigenvalue weighted by Crippen LogP contribution is -2.43. The highest BCUT2D eigenvalue weighted by atomic mass is 35.5. The van der Waals surface area contributed by atoms with Gasteiger partial charge in [0.2, 0.25) is 0 Å². The Kier molecular flexibility index (Phi) is 3.60. The van der Waals surface area contributed by atoms with Crippen LogP contribution in [-0.4, -0.2) is 38.4 Å². The van der Waals surface area contributed by atoms with Crippen molar-refractivity contribution >= 4 is 34.8 Å². The molecule has 1 amide bonds. The Bertz CT molecular complexity index is 701. The predicted octanol–water partition coefficient (Wildman–Crippen LogP) is 2.02. The van der Waals surface area contributed by atoms with E-state index in [1.807, 2.05) is 5.38 Å². The summed E-state index contributed by atoms with van der Waals surface area (Å²) in [4.78, 5) is 34.1. The Labute approximate surface area is 129 Å². The highest BCUT2D eigenvalue weighted by Crippen LogP contribution is 2.34. The molecule has 2 aromatic heterocycles. The van der Waals surface area contributed by atoms with E-state index in [0.717, 1.165) is 4.88 Å². The molecule has 0 aromatic carbocycles. The number of carbonyl (C=O) groups excluding carboxylic acids is 1. The molecule has 0 spiro atoms. The van der Waals surface area contributed by atoms with Gasteiger partial charge in [0, 0.05) is 11.4 Å². The van der Waals surface area contributed by atoms with Gasteiger partial charge in [0.05, 0.1) is 12.4 Å². The maximum Gasteiger partial charge on any atom is 0.331 e. The second kappa shape index (κ2) is 5.42. The van der Waals surface area contributed by atoms with Gasteiger partial charge < -0.3 is 10.0 Å². The Morgan fingerprint density at radius 1 is 1.38 bits per heavy atom. The second-order valence-electron chi connectivity index (χ2n) is 4.51. The number of hydrogen-bond acceptors (Lipinski definition) is 5. The summed E-state index contributed by atoms with van der Waals surface area (Å²) >= 11 is 7.15. The number of amides is 1. The predicted molar refractivity (Wildman–Crippen MR) is 76.5 cm³/mol. The first-order valence-electron chi connectivity index (χ1n) is 6.15. The summed E-state index contributed by atoms with van der Waals surface area (Å²) in [7, 11) is 0. The number of carboxylic acids is 1. The topological polar surface area (TPSA) is 83.4 Å². The number of fused-ring (bicyclic) bond motifs is 1. The molecular weight excluding hydrogens is 314 g/mol. The molecule has 0 saturated heterocycles. The van der Waals surface area contributed by atoms with Crippen LogP contribution in [0.3, 0.4) is 0 Å². The molecule has 6 nitrogen and oxygen atoms in total. The van der Waals surface area contributed by atoms with Crippen LogP contribution >= 0.6 is 22.9 Å². The standard InChI is InChI=1S/C13H10ClN3O3S/c14-10-6-15-8(5-16-10)12(18)17-3-1-9-7(2-4-21-9)11(17)13(19)20/h2,4-6,11H,1,3H2,(H,19,20). The Balaban J connectivity index is 1.96. The van der Waals surface area contributed by atoms with Crippen LogP contribution in [0.15, 0.2) is 23.8 Å². The summed E-state index contributed by atoms with van der Waals surface area (Å²) in [5.74, 6) is -1.51. The maximum absolute atomic E-state index is 12.5. The van der Waals surface area contributed by atoms with Crippen molar-refractivity contribution in [3.63, 3.8) is 0 Å². The number of nitrogens with zero attached hydrogens (tertiary/aromatic N) is 3. The molecule has 1 atom stereocenters. The first-order chi connectivity index (χ1) is 10.1. The zero-order valence-corrected chi connectivity index (χ0v) is 12.3. The zero-order chi connectivity index (χ0) is 15.0. The van der Waals surface area contributed by atoms with E-state index in [1.165, 1.54) is 28.6 Å². The van der Waals surface area contributed by atoms with Crippen molar-refractivity contribution in [2.24, 2.45) is 0 Å². The summed E-state index contributed by atoms with van der Waals surface area (Å²) in [6.07, 6.45) is 3.17. The third kappa shape index (κ3) is 2.50. The van der Waals surface area contributed by atoms with Crippen molar-refractivity contribution in [2.45, 2.75) is 12.5 Å². The van der Waals surface area contributed by atoms with E-state index in [2.05, 4.69) is 9.97 Å². The Morgan fingerprint density at radius 2 is 2.19 bits per heavy atom. The monoisotopic (exact) mass is 323 g/mol. The average molecular weight is 324 g/mol. The van der Waals surface area contributed by atoms with Crippen LogP contribution in [-0.2, 0) is 11.2 Å². The molecule has 8 heteroatoms. The summed E-state index contributed by atoms with van der Waals surface area (Å²) in [5.41, 5.74) is 0.762. The average Bonchev–Trinajstić information content (AvgIpc) is 2.94. The van der Waals surface area contributed by atoms with E-state index in [0.29, 0.717) is 18.5 Å². The molecule has 21 heavy (non-hydrogen) atoms. The van der Waals surface area contributed by atoms with Gasteiger partial charge in [0.25, 0.3) is 5.91 Å². The number of aromatic nitrogens is 2. The van der Waals surface area contributed by atoms with Gasteiger partial charge in [-0.15, -0.1) is 11.3 Å². The van der Waals surface area contributed by atoms with Crippen molar-refractivity contribution in [2.75, 3.05) is 6.54 Å². The summed E-state index contributed by atoms with van der Waals surface area (Å²) in [6.45, 7) is 0.341.